The molecular formula is C12H20N2O. The Hall–Kier alpha value is -1.09. The molecule has 0 saturated heterocycles. The summed E-state index contributed by atoms with van der Waals surface area (Å²) in [5.41, 5.74) is 0.902. The standard InChI is InChI=1S/C12H20N2O/c1-4-8-14(10(2)3)12-11(9-15)6-5-7-13-12/h5-7,10,15H,4,8-9H2,1-3H3. The summed E-state index contributed by atoms with van der Waals surface area (Å²) in [5.74, 6) is 0.914. The molecule has 1 aromatic rings. The second-order valence-corrected chi connectivity index (χ2v) is 3.93. The van der Waals surface area contributed by atoms with E-state index >= 15 is 0 Å². The second kappa shape index (κ2) is 5.71. The molecule has 1 N–H and O–H groups in total. The number of rotatable bonds is 5. The highest BCUT2D eigenvalue weighted by atomic mass is 16.3. The van der Waals surface area contributed by atoms with Gasteiger partial charge in [0.1, 0.15) is 5.82 Å². The van der Waals surface area contributed by atoms with Crippen LogP contribution in [-0.2, 0) is 6.61 Å². The van der Waals surface area contributed by atoms with Crippen LogP contribution in [0.1, 0.15) is 32.8 Å². The van der Waals surface area contributed by atoms with E-state index in [0.29, 0.717) is 6.04 Å². The Morgan fingerprint density at radius 1 is 1.47 bits per heavy atom. The van der Waals surface area contributed by atoms with Gasteiger partial charge in [-0.1, -0.05) is 13.0 Å². The smallest absolute Gasteiger partial charge is 0.134 e. The fourth-order valence-corrected chi connectivity index (χ4v) is 1.66. The van der Waals surface area contributed by atoms with Crippen LogP contribution >= 0.6 is 0 Å². The molecule has 0 aromatic carbocycles. The average molecular weight is 208 g/mol. The van der Waals surface area contributed by atoms with E-state index in [1.165, 1.54) is 0 Å². The van der Waals surface area contributed by atoms with Crippen LogP contribution in [0.5, 0.6) is 0 Å². The molecular weight excluding hydrogens is 188 g/mol. The molecule has 0 unspecified atom stereocenters. The summed E-state index contributed by atoms with van der Waals surface area (Å²) in [6, 6.07) is 4.19. The van der Waals surface area contributed by atoms with Crippen molar-refractivity contribution < 1.29 is 5.11 Å². The van der Waals surface area contributed by atoms with E-state index in [0.717, 1.165) is 24.3 Å². The van der Waals surface area contributed by atoms with Crippen LogP contribution in [0.3, 0.4) is 0 Å². The molecule has 0 aliphatic heterocycles. The lowest BCUT2D eigenvalue weighted by molar-refractivity contribution is 0.281. The topological polar surface area (TPSA) is 36.4 Å². The van der Waals surface area contributed by atoms with Crippen molar-refractivity contribution >= 4 is 5.82 Å². The van der Waals surface area contributed by atoms with E-state index in [-0.39, 0.29) is 6.61 Å². The number of hydrogen-bond acceptors (Lipinski definition) is 3. The Kier molecular flexibility index (Phi) is 4.56. The average Bonchev–Trinajstić information content (AvgIpc) is 2.25. The first kappa shape index (κ1) is 12.0. The molecule has 1 rings (SSSR count). The normalized spacial score (nSPS) is 10.7. The van der Waals surface area contributed by atoms with Gasteiger partial charge >= 0.3 is 0 Å². The van der Waals surface area contributed by atoms with E-state index in [2.05, 4.69) is 30.7 Å². The highest BCUT2D eigenvalue weighted by Gasteiger charge is 2.13. The molecule has 3 nitrogen and oxygen atoms in total. The second-order valence-electron chi connectivity index (χ2n) is 3.93. The minimum Gasteiger partial charge on any atom is -0.392 e. The predicted molar refractivity (Wildman–Crippen MR) is 62.9 cm³/mol. The first-order valence-corrected chi connectivity index (χ1v) is 5.52. The molecule has 0 fully saturated rings. The van der Waals surface area contributed by atoms with Crippen molar-refractivity contribution in [2.75, 3.05) is 11.4 Å². The molecule has 0 saturated carbocycles. The first-order valence-electron chi connectivity index (χ1n) is 5.52. The predicted octanol–water partition coefficient (Wildman–Crippen LogP) is 2.20. The third-order valence-electron chi connectivity index (χ3n) is 2.40. The Morgan fingerprint density at radius 2 is 2.20 bits per heavy atom. The molecule has 0 radical (unpaired) electrons. The minimum absolute atomic E-state index is 0.0517. The third kappa shape index (κ3) is 2.93. The maximum atomic E-state index is 9.25. The summed E-state index contributed by atoms with van der Waals surface area (Å²) < 4.78 is 0. The van der Waals surface area contributed by atoms with Gasteiger partial charge in [-0.05, 0) is 26.3 Å². The summed E-state index contributed by atoms with van der Waals surface area (Å²) >= 11 is 0. The lowest BCUT2D eigenvalue weighted by atomic mass is 10.2. The number of pyridine rings is 1. The molecule has 3 heteroatoms. The van der Waals surface area contributed by atoms with Crippen LogP contribution in [0, 0.1) is 0 Å². The van der Waals surface area contributed by atoms with Crippen molar-refractivity contribution in [1.82, 2.24) is 4.98 Å². The van der Waals surface area contributed by atoms with Gasteiger partial charge in [0.2, 0.25) is 0 Å². The molecule has 0 spiro atoms. The summed E-state index contributed by atoms with van der Waals surface area (Å²) in [5, 5.41) is 9.25. The van der Waals surface area contributed by atoms with Gasteiger partial charge in [-0.2, -0.15) is 0 Å². The summed E-state index contributed by atoms with van der Waals surface area (Å²) in [6.07, 6.45) is 2.86. The summed E-state index contributed by atoms with van der Waals surface area (Å²) in [7, 11) is 0. The van der Waals surface area contributed by atoms with Crippen LogP contribution in [0.25, 0.3) is 0 Å². The largest absolute Gasteiger partial charge is 0.392 e. The number of hydrogen-bond donors (Lipinski definition) is 1. The van der Waals surface area contributed by atoms with Crippen molar-refractivity contribution in [1.29, 1.82) is 0 Å². The minimum atomic E-state index is 0.0517. The van der Waals surface area contributed by atoms with Gasteiger partial charge < -0.3 is 10.0 Å². The monoisotopic (exact) mass is 208 g/mol. The Morgan fingerprint density at radius 3 is 2.73 bits per heavy atom. The van der Waals surface area contributed by atoms with Gasteiger partial charge in [0, 0.05) is 24.3 Å². The molecule has 1 aromatic heterocycles. The number of aliphatic hydroxyl groups excluding tert-OH is 1. The van der Waals surface area contributed by atoms with Crippen molar-refractivity contribution in [2.45, 2.75) is 39.8 Å². The van der Waals surface area contributed by atoms with Gasteiger partial charge in [-0.3, -0.25) is 0 Å². The fraction of sp³-hybridized carbons (Fsp3) is 0.583. The molecule has 0 bridgehead atoms. The van der Waals surface area contributed by atoms with Gasteiger partial charge in [-0.15, -0.1) is 0 Å². The number of nitrogens with zero attached hydrogens (tertiary/aromatic N) is 2. The Labute approximate surface area is 91.8 Å². The molecule has 0 aliphatic carbocycles. The zero-order valence-corrected chi connectivity index (χ0v) is 9.77. The van der Waals surface area contributed by atoms with Crippen LogP contribution in [0.2, 0.25) is 0 Å². The lowest BCUT2D eigenvalue weighted by Gasteiger charge is -2.28. The van der Waals surface area contributed by atoms with Crippen LogP contribution in [-0.4, -0.2) is 22.7 Å². The SMILES string of the molecule is CCCN(c1ncccc1CO)C(C)C. The van der Waals surface area contributed by atoms with E-state index < -0.39 is 0 Å². The molecule has 0 atom stereocenters. The molecule has 0 aliphatic rings. The highest BCUT2D eigenvalue weighted by Crippen LogP contribution is 2.19. The molecule has 15 heavy (non-hydrogen) atoms. The van der Waals surface area contributed by atoms with Crippen molar-refractivity contribution in [2.24, 2.45) is 0 Å². The zero-order chi connectivity index (χ0) is 11.3. The maximum Gasteiger partial charge on any atom is 0.134 e. The van der Waals surface area contributed by atoms with Crippen molar-refractivity contribution in [3.63, 3.8) is 0 Å². The molecule has 1 heterocycles. The van der Waals surface area contributed by atoms with Crippen LogP contribution in [0.15, 0.2) is 18.3 Å². The van der Waals surface area contributed by atoms with Crippen molar-refractivity contribution in [3.8, 4) is 0 Å². The lowest BCUT2D eigenvalue weighted by Crippen LogP contribution is -2.33. The zero-order valence-electron chi connectivity index (χ0n) is 9.77. The maximum absolute atomic E-state index is 9.25. The highest BCUT2D eigenvalue weighted by molar-refractivity contribution is 5.47. The molecule has 84 valence electrons. The van der Waals surface area contributed by atoms with Crippen LogP contribution in [0.4, 0.5) is 5.82 Å². The van der Waals surface area contributed by atoms with Crippen molar-refractivity contribution in [3.05, 3.63) is 23.9 Å². The fourth-order valence-electron chi connectivity index (χ4n) is 1.66. The van der Waals surface area contributed by atoms with E-state index in [4.69, 9.17) is 0 Å². The van der Waals surface area contributed by atoms with E-state index in [1.807, 2.05) is 12.1 Å². The summed E-state index contributed by atoms with van der Waals surface area (Å²) in [6.45, 7) is 7.46. The number of anilines is 1. The van der Waals surface area contributed by atoms with E-state index in [1.54, 1.807) is 6.20 Å². The third-order valence-corrected chi connectivity index (χ3v) is 2.40. The Bertz CT molecular complexity index is 299. The quantitative estimate of drug-likeness (QED) is 0.806. The van der Waals surface area contributed by atoms with Gasteiger partial charge in [0.05, 0.1) is 6.61 Å². The van der Waals surface area contributed by atoms with Crippen LogP contribution < -0.4 is 4.90 Å². The number of aromatic nitrogens is 1. The Balaban J connectivity index is 2.98. The van der Waals surface area contributed by atoms with Gasteiger partial charge in [0.25, 0.3) is 0 Å². The van der Waals surface area contributed by atoms with E-state index in [9.17, 15) is 5.11 Å². The van der Waals surface area contributed by atoms with Gasteiger partial charge in [0.15, 0.2) is 0 Å². The first-order chi connectivity index (χ1) is 7.20. The number of aliphatic hydroxyl groups is 1. The van der Waals surface area contributed by atoms with Gasteiger partial charge in [-0.25, -0.2) is 4.98 Å². The molecule has 0 amide bonds. The summed E-state index contributed by atoms with van der Waals surface area (Å²) in [4.78, 5) is 6.58.